The molecule has 1 unspecified atom stereocenters. The number of likely N-dealkylation sites (tertiary alicyclic amines) is 1. The molecule has 0 radical (unpaired) electrons. The zero-order valence-electron chi connectivity index (χ0n) is 13.4. The van der Waals surface area contributed by atoms with E-state index in [1.807, 2.05) is 37.2 Å². The van der Waals surface area contributed by atoms with Gasteiger partial charge < -0.3 is 15.5 Å². The van der Waals surface area contributed by atoms with Gasteiger partial charge in [0.15, 0.2) is 0 Å². The van der Waals surface area contributed by atoms with Crippen LogP contribution in [0, 0.1) is 0 Å². The fourth-order valence-electron chi connectivity index (χ4n) is 3.13. The van der Waals surface area contributed by atoms with Crippen molar-refractivity contribution in [2.24, 2.45) is 0 Å². The van der Waals surface area contributed by atoms with Crippen LogP contribution in [-0.4, -0.2) is 37.5 Å². The predicted molar refractivity (Wildman–Crippen MR) is 88.8 cm³/mol. The summed E-state index contributed by atoms with van der Waals surface area (Å²) in [7, 11) is 3.91. The zero-order valence-corrected chi connectivity index (χ0v) is 13.4. The maximum Gasteiger partial charge on any atom is 0.254 e. The average molecular weight is 289 g/mol. The first-order valence-electron chi connectivity index (χ1n) is 7.92. The van der Waals surface area contributed by atoms with Crippen molar-refractivity contribution < 1.29 is 4.79 Å². The number of carbonyl (C=O) groups excluding carboxylic acids is 1. The second-order valence-electron chi connectivity index (χ2n) is 6.08. The van der Waals surface area contributed by atoms with Crippen molar-refractivity contribution in [3.05, 3.63) is 23.8 Å². The molecule has 2 rings (SSSR count). The molecule has 1 amide bonds. The molecule has 0 aliphatic carbocycles. The highest BCUT2D eigenvalue weighted by Crippen LogP contribution is 2.25. The Hall–Kier alpha value is -1.71. The monoisotopic (exact) mass is 289 g/mol. The van der Waals surface area contributed by atoms with Crippen LogP contribution in [0.3, 0.4) is 0 Å². The molecule has 1 aromatic carbocycles. The van der Waals surface area contributed by atoms with Crippen LogP contribution in [0.5, 0.6) is 0 Å². The highest BCUT2D eigenvalue weighted by atomic mass is 16.2. The molecule has 1 aliphatic rings. The lowest BCUT2D eigenvalue weighted by molar-refractivity contribution is 0.0678. The molecule has 0 saturated carbocycles. The number of hydrogen-bond donors (Lipinski definition) is 1. The van der Waals surface area contributed by atoms with E-state index in [1.165, 1.54) is 12.8 Å². The Kier molecular flexibility index (Phi) is 5.10. The van der Waals surface area contributed by atoms with E-state index < -0.39 is 0 Å². The largest absolute Gasteiger partial charge is 0.397 e. The van der Waals surface area contributed by atoms with Crippen molar-refractivity contribution in [1.82, 2.24) is 4.90 Å². The lowest BCUT2D eigenvalue weighted by Gasteiger charge is -2.29. The molecule has 4 nitrogen and oxygen atoms in total. The van der Waals surface area contributed by atoms with Crippen LogP contribution in [0.2, 0.25) is 0 Å². The summed E-state index contributed by atoms with van der Waals surface area (Å²) < 4.78 is 0. The third-order valence-electron chi connectivity index (χ3n) is 4.37. The lowest BCUT2D eigenvalue weighted by atomic mass is 10.1. The summed E-state index contributed by atoms with van der Waals surface area (Å²) in [5.41, 5.74) is 8.40. The molecule has 21 heavy (non-hydrogen) atoms. The lowest BCUT2D eigenvalue weighted by Crippen LogP contribution is -2.39. The third kappa shape index (κ3) is 3.49. The fraction of sp³-hybridized carbons (Fsp3) is 0.588. The van der Waals surface area contributed by atoms with Gasteiger partial charge in [-0.05, 0) is 37.5 Å². The normalized spacial score (nSPS) is 19.2. The topological polar surface area (TPSA) is 49.6 Å². The Morgan fingerprint density at radius 3 is 2.71 bits per heavy atom. The molecule has 116 valence electrons. The molecule has 1 atom stereocenters. The molecular formula is C17H27N3O. The van der Waals surface area contributed by atoms with E-state index in [1.54, 1.807) is 0 Å². The number of rotatable bonds is 3. The third-order valence-corrected chi connectivity index (χ3v) is 4.37. The molecule has 1 aliphatic heterocycles. The van der Waals surface area contributed by atoms with Crippen molar-refractivity contribution >= 4 is 17.3 Å². The van der Waals surface area contributed by atoms with E-state index in [4.69, 9.17) is 5.73 Å². The minimum Gasteiger partial charge on any atom is -0.397 e. The predicted octanol–water partition coefficient (Wildman–Crippen LogP) is 3.13. The van der Waals surface area contributed by atoms with Gasteiger partial charge in [-0.15, -0.1) is 0 Å². The molecule has 0 spiro atoms. The Balaban J connectivity index is 2.23. The van der Waals surface area contributed by atoms with Crippen LogP contribution in [0.15, 0.2) is 18.2 Å². The molecular weight excluding hydrogens is 262 g/mol. The number of hydrogen-bond acceptors (Lipinski definition) is 3. The highest BCUT2D eigenvalue weighted by Gasteiger charge is 2.25. The van der Waals surface area contributed by atoms with E-state index in [2.05, 4.69) is 11.8 Å². The standard InChI is InChI=1S/C17H27N3O/c1-4-14-8-6-5-7-11-20(14)17(21)13-9-10-16(19(2)3)15(18)12-13/h9-10,12,14H,4-8,11,18H2,1-3H3. The first kappa shape index (κ1) is 15.7. The number of benzene rings is 1. The van der Waals surface area contributed by atoms with Gasteiger partial charge in [0.25, 0.3) is 5.91 Å². The van der Waals surface area contributed by atoms with Gasteiger partial charge in [0.1, 0.15) is 0 Å². The minimum absolute atomic E-state index is 0.126. The second kappa shape index (κ2) is 6.83. The van der Waals surface area contributed by atoms with Crippen molar-refractivity contribution in [3.8, 4) is 0 Å². The van der Waals surface area contributed by atoms with Gasteiger partial charge in [-0.2, -0.15) is 0 Å². The summed E-state index contributed by atoms with van der Waals surface area (Å²) in [5, 5.41) is 0. The summed E-state index contributed by atoms with van der Waals surface area (Å²) in [5.74, 6) is 0.126. The van der Waals surface area contributed by atoms with E-state index in [0.717, 1.165) is 31.5 Å². The SMILES string of the molecule is CCC1CCCCCN1C(=O)c1ccc(N(C)C)c(N)c1. The van der Waals surface area contributed by atoms with Crippen molar-refractivity contribution in [3.63, 3.8) is 0 Å². The first-order valence-corrected chi connectivity index (χ1v) is 7.92. The molecule has 1 aromatic rings. The summed E-state index contributed by atoms with van der Waals surface area (Å²) >= 11 is 0. The summed E-state index contributed by atoms with van der Waals surface area (Å²) in [6.45, 7) is 3.03. The fourth-order valence-corrected chi connectivity index (χ4v) is 3.13. The molecule has 2 N–H and O–H groups in total. The quantitative estimate of drug-likeness (QED) is 0.870. The molecule has 1 saturated heterocycles. The Labute approximate surface area is 127 Å². The van der Waals surface area contributed by atoms with Gasteiger partial charge in [0.2, 0.25) is 0 Å². The maximum absolute atomic E-state index is 12.8. The zero-order chi connectivity index (χ0) is 15.4. The molecule has 0 aromatic heterocycles. The maximum atomic E-state index is 12.8. The van der Waals surface area contributed by atoms with Crippen LogP contribution < -0.4 is 10.6 Å². The molecule has 4 heteroatoms. The molecule has 0 bridgehead atoms. The van der Waals surface area contributed by atoms with Gasteiger partial charge in [-0.1, -0.05) is 19.8 Å². The first-order chi connectivity index (χ1) is 10.0. The Morgan fingerprint density at radius 1 is 1.33 bits per heavy atom. The van der Waals surface area contributed by atoms with Crippen molar-refractivity contribution in [2.45, 2.75) is 45.1 Å². The van der Waals surface area contributed by atoms with Crippen LogP contribution >= 0.6 is 0 Å². The van der Waals surface area contributed by atoms with Crippen LogP contribution in [0.1, 0.15) is 49.4 Å². The number of nitrogens with zero attached hydrogens (tertiary/aromatic N) is 2. The number of nitrogens with two attached hydrogens (primary N) is 1. The highest BCUT2D eigenvalue weighted by molar-refractivity contribution is 5.96. The smallest absolute Gasteiger partial charge is 0.254 e. The summed E-state index contributed by atoms with van der Waals surface area (Å²) in [6.07, 6.45) is 5.70. The molecule has 1 fully saturated rings. The average Bonchev–Trinajstić information content (AvgIpc) is 2.71. The van der Waals surface area contributed by atoms with E-state index in [-0.39, 0.29) is 5.91 Å². The number of nitrogen functional groups attached to an aromatic ring is 1. The van der Waals surface area contributed by atoms with E-state index >= 15 is 0 Å². The number of anilines is 2. The van der Waals surface area contributed by atoms with Gasteiger partial charge in [0.05, 0.1) is 11.4 Å². The van der Waals surface area contributed by atoms with Gasteiger partial charge in [-0.25, -0.2) is 0 Å². The second-order valence-corrected chi connectivity index (χ2v) is 6.08. The Morgan fingerprint density at radius 2 is 2.10 bits per heavy atom. The van der Waals surface area contributed by atoms with E-state index in [0.29, 0.717) is 17.3 Å². The van der Waals surface area contributed by atoms with Crippen LogP contribution in [0.4, 0.5) is 11.4 Å². The number of carbonyl (C=O) groups is 1. The summed E-state index contributed by atoms with van der Waals surface area (Å²) in [4.78, 5) is 16.8. The van der Waals surface area contributed by atoms with Crippen LogP contribution in [0.25, 0.3) is 0 Å². The minimum atomic E-state index is 0.126. The number of amides is 1. The summed E-state index contributed by atoms with van der Waals surface area (Å²) in [6, 6.07) is 6.01. The van der Waals surface area contributed by atoms with E-state index in [9.17, 15) is 4.79 Å². The van der Waals surface area contributed by atoms with Gasteiger partial charge >= 0.3 is 0 Å². The molecule has 1 heterocycles. The van der Waals surface area contributed by atoms with Crippen molar-refractivity contribution in [2.75, 3.05) is 31.3 Å². The van der Waals surface area contributed by atoms with Crippen molar-refractivity contribution in [1.29, 1.82) is 0 Å². The van der Waals surface area contributed by atoms with Gasteiger partial charge in [-0.3, -0.25) is 4.79 Å². The van der Waals surface area contributed by atoms with Crippen LogP contribution in [-0.2, 0) is 0 Å². The Bertz CT molecular complexity index is 499. The van der Waals surface area contributed by atoms with Gasteiger partial charge in [0, 0.05) is 32.2 Å².